The van der Waals surface area contributed by atoms with Crippen LogP contribution in [-0.4, -0.2) is 32.9 Å². The van der Waals surface area contributed by atoms with Crippen LogP contribution in [0.15, 0.2) is 47.8 Å². The molecular formula is C16H11ClF3N3O2S. The van der Waals surface area contributed by atoms with Gasteiger partial charge < -0.3 is 4.74 Å². The molecule has 0 atom stereocenters. The number of pyridine rings is 1. The zero-order chi connectivity index (χ0) is 18.7. The minimum Gasteiger partial charge on any atom is -0.461 e. The van der Waals surface area contributed by atoms with E-state index in [1.807, 2.05) is 0 Å². The average molecular weight is 402 g/mol. The number of halogens is 4. The molecule has 10 heteroatoms. The third-order valence-corrected chi connectivity index (χ3v) is 4.50. The first-order valence-electron chi connectivity index (χ1n) is 7.32. The van der Waals surface area contributed by atoms with Crippen LogP contribution in [-0.2, 0) is 10.9 Å². The quantitative estimate of drug-likeness (QED) is 0.361. The number of alkyl halides is 3. The summed E-state index contributed by atoms with van der Waals surface area (Å²) in [6.07, 6.45) is -3.64. The van der Waals surface area contributed by atoms with Gasteiger partial charge in [-0.1, -0.05) is 41.6 Å². The van der Waals surface area contributed by atoms with Crippen LogP contribution < -0.4 is 0 Å². The maximum atomic E-state index is 12.9. The molecule has 2 heterocycles. The molecule has 0 bridgehead atoms. The number of carbonyl (C=O) groups excluding carboxylic acids is 1. The average Bonchev–Trinajstić information content (AvgIpc) is 3.02. The molecule has 3 rings (SSSR count). The number of fused-ring (bicyclic) bond motifs is 1. The van der Waals surface area contributed by atoms with Gasteiger partial charge in [-0.15, -0.1) is 10.2 Å². The lowest BCUT2D eigenvalue weighted by molar-refractivity contribution is -0.137. The number of carbonyl (C=O) groups is 1. The van der Waals surface area contributed by atoms with E-state index in [0.29, 0.717) is 11.3 Å². The zero-order valence-electron chi connectivity index (χ0n) is 13.0. The minimum atomic E-state index is -4.53. The van der Waals surface area contributed by atoms with Crippen molar-refractivity contribution < 1.29 is 22.7 Å². The molecular weight excluding hydrogens is 391 g/mol. The fraction of sp³-hybridized carbons (Fsp3) is 0.188. The van der Waals surface area contributed by atoms with E-state index >= 15 is 0 Å². The van der Waals surface area contributed by atoms with Crippen LogP contribution in [0.2, 0.25) is 5.02 Å². The van der Waals surface area contributed by atoms with Gasteiger partial charge in [0.1, 0.15) is 6.61 Å². The van der Waals surface area contributed by atoms with Gasteiger partial charge in [0.25, 0.3) is 0 Å². The topological polar surface area (TPSA) is 56.5 Å². The number of thioether (sulfide) groups is 1. The van der Waals surface area contributed by atoms with Gasteiger partial charge in [-0.25, -0.2) is 4.79 Å². The smallest absolute Gasteiger partial charge is 0.417 e. The SMILES string of the molecule is O=C(OCCSc1nnc2c(Cl)cc(C(F)(F)F)cn12)c1ccccc1. The molecule has 1 aromatic carbocycles. The van der Waals surface area contributed by atoms with E-state index in [0.717, 1.165) is 24.0 Å². The Morgan fingerprint density at radius 3 is 2.65 bits per heavy atom. The lowest BCUT2D eigenvalue weighted by atomic mass is 10.2. The van der Waals surface area contributed by atoms with Crippen molar-refractivity contribution >= 4 is 35.0 Å². The van der Waals surface area contributed by atoms with Crippen LogP contribution >= 0.6 is 23.4 Å². The summed E-state index contributed by atoms with van der Waals surface area (Å²) in [7, 11) is 0. The molecule has 5 nitrogen and oxygen atoms in total. The molecule has 0 aliphatic rings. The van der Waals surface area contributed by atoms with E-state index in [1.54, 1.807) is 30.3 Å². The van der Waals surface area contributed by atoms with Gasteiger partial charge in [0, 0.05) is 11.9 Å². The van der Waals surface area contributed by atoms with Crippen LogP contribution in [0.5, 0.6) is 0 Å². The van der Waals surface area contributed by atoms with Crippen molar-refractivity contribution in [1.29, 1.82) is 0 Å². The number of hydrogen-bond acceptors (Lipinski definition) is 5. The number of rotatable bonds is 5. The van der Waals surface area contributed by atoms with Crippen LogP contribution in [0, 0.1) is 0 Å². The van der Waals surface area contributed by atoms with Crippen LogP contribution in [0.1, 0.15) is 15.9 Å². The molecule has 3 aromatic rings. The Bertz CT molecular complexity index is 932. The highest BCUT2D eigenvalue weighted by atomic mass is 35.5. The van der Waals surface area contributed by atoms with E-state index < -0.39 is 17.7 Å². The summed E-state index contributed by atoms with van der Waals surface area (Å²) < 4.78 is 45.0. The summed E-state index contributed by atoms with van der Waals surface area (Å²) in [5.41, 5.74) is -0.345. The largest absolute Gasteiger partial charge is 0.461 e. The van der Waals surface area contributed by atoms with Crippen molar-refractivity contribution in [3.8, 4) is 0 Å². The molecule has 26 heavy (non-hydrogen) atoms. The van der Waals surface area contributed by atoms with Gasteiger partial charge in [-0.05, 0) is 18.2 Å². The zero-order valence-corrected chi connectivity index (χ0v) is 14.6. The molecule has 0 spiro atoms. The van der Waals surface area contributed by atoms with E-state index in [4.69, 9.17) is 16.3 Å². The Morgan fingerprint density at radius 2 is 1.96 bits per heavy atom. The molecule has 0 fully saturated rings. The van der Waals surface area contributed by atoms with Crippen LogP contribution in [0.25, 0.3) is 5.65 Å². The Balaban J connectivity index is 1.66. The number of hydrogen-bond donors (Lipinski definition) is 0. The molecule has 0 aliphatic heterocycles. The van der Waals surface area contributed by atoms with Crippen molar-refractivity contribution in [2.45, 2.75) is 11.3 Å². The maximum absolute atomic E-state index is 12.9. The minimum absolute atomic E-state index is 0.0694. The van der Waals surface area contributed by atoms with E-state index in [2.05, 4.69) is 10.2 Å². The molecule has 0 unspecified atom stereocenters. The highest BCUT2D eigenvalue weighted by Gasteiger charge is 2.32. The summed E-state index contributed by atoms with van der Waals surface area (Å²) in [5.74, 6) is -0.174. The number of benzene rings is 1. The Labute approximate surface area is 155 Å². The van der Waals surface area contributed by atoms with E-state index in [-0.39, 0.29) is 22.4 Å². The number of ether oxygens (including phenoxy) is 1. The predicted octanol–water partition coefficient (Wildman–Crippen LogP) is 4.35. The van der Waals surface area contributed by atoms with E-state index in [9.17, 15) is 18.0 Å². The Hall–Kier alpha value is -2.26. The highest BCUT2D eigenvalue weighted by molar-refractivity contribution is 7.99. The van der Waals surface area contributed by atoms with Crippen LogP contribution in [0.4, 0.5) is 13.2 Å². The molecule has 0 amide bonds. The predicted molar refractivity (Wildman–Crippen MR) is 90.4 cm³/mol. The number of aromatic nitrogens is 3. The number of esters is 1. The van der Waals surface area contributed by atoms with Crippen molar-refractivity contribution in [1.82, 2.24) is 14.6 Å². The van der Waals surface area contributed by atoms with Crippen molar-refractivity contribution in [2.24, 2.45) is 0 Å². The lowest BCUT2D eigenvalue weighted by Gasteiger charge is -2.08. The summed E-state index contributed by atoms with van der Waals surface area (Å²) in [5, 5.41) is 7.71. The van der Waals surface area contributed by atoms with Crippen molar-refractivity contribution in [3.63, 3.8) is 0 Å². The second kappa shape index (κ2) is 7.55. The maximum Gasteiger partial charge on any atom is 0.417 e. The summed E-state index contributed by atoms with van der Waals surface area (Å²) in [6.45, 7) is 0.0694. The molecule has 136 valence electrons. The molecule has 0 saturated heterocycles. The monoisotopic (exact) mass is 401 g/mol. The van der Waals surface area contributed by atoms with Gasteiger partial charge in [-0.3, -0.25) is 4.40 Å². The Kier molecular flexibility index (Phi) is 5.38. The van der Waals surface area contributed by atoms with Crippen molar-refractivity contribution in [2.75, 3.05) is 12.4 Å². The standard InChI is InChI=1S/C16H11ClF3N3O2S/c17-12-8-11(16(18,19)20)9-23-13(12)21-22-15(23)26-7-6-25-14(24)10-4-2-1-3-5-10/h1-5,8-9H,6-7H2. The van der Waals surface area contributed by atoms with Crippen LogP contribution in [0.3, 0.4) is 0 Å². The molecule has 0 radical (unpaired) electrons. The second-order valence-corrected chi connectivity index (χ2v) is 6.57. The third kappa shape index (κ3) is 4.10. The second-order valence-electron chi connectivity index (χ2n) is 5.10. The van der Waals surface area contributed by atoms with Gasteiger partial charge in [-0.2, -0.15) is 13.2 Å². The molecule has 0 N–H and O–H groups in total. The van der Waals surface area contributed by atoms with Gasteiger partial charge in [0.05, 0.1) is 16.1 Å². The first kappa shape index (κ1) is 18.5. The molecule has 2 aromatic heterocycles. The van der Waals surface area contributed by atoms with E-state index in [1.165, 1.54) is 4.40 Å². The summed E-state index contributed by atoms with van der Waals surface area (Å²) >= 11 is 6.96. The molecule has 0 aliphatic carbocycles. The third-order valence-electron chi connectivity index (χ3n) is 3.31. The van der Waals surface area contributed by atoms with Gasteiger partial charge >= 0.3 is 12.1 Å². The van der Waals surface area contributed by atoms with Gasteiger partial charge in [0.15, 0.2) is 10.8 Å². The fourth-order valence-electron chi connectivity index (χ4n) is 2.11. The summed E-state index contributed by atoms with van der Waals surface area (Å²) in [6, 6.07) is 9.28. The number of nitrogens with zero attached hydrogens (tertiary/aromatic N) is 3. The Morgan fingerprint density at radius 1 is 1.23 bits per heavy atom. The first-order valence-corrected chi connectivity index (χ1v) is 8.69. The highest BCUT2D eigenvalue weighted by Crippen LogP contribution is 2.33. The molecule has 0 saturated carbocycles. The van der Waals surface area contributed by atoms with Gasteiger partial charge in [0.2, 0.25) is 0 Å². The van der Waals surface area contributed by atoms with Crippen molar-refractivity contribution in [3.05, 3.63) is 58.7 Å². The normalized spacial score (nSPS) is 11.7. The lowest BCUT2D eigenvalue weighted by Crippen LogP contribution is -2.08. The first-order chi connectivity index (χ1) is 12.4. The summed E-state index contributed by atoms with van der Waals surface area (Å²) in [4.78, 5) is 11.8. The fourth-order valence-corrected chi connectivity index (χ4v) is 3.08.